The van der Waals surface area contributed by atoms with Crippen LogP contribution < -0.4 is 15.2 Å². The molecule has 7 heteroatoms. The van der Waals surface area contributed by atoms with E-state index in [1.807, 2.05) is 42.5 Å². The first-order chi connectivity index (χ1) is 12.2. The van der Waals surface area contributed by atoms with E-state index < -0.39 is 0 Å². The number of hydrogen-bond acceptors (Lipinski definition) is 6. The molecule has 1 aromatic heterocycles. The summed E-state index contributed by atoms with van der Waals surface area (Å²) in [5.41, 5.74) is 8.85. The van der Waals surface area contributed by atoms with Gasteiger partial charge < -0.3 is 19.7 Å². The van der Waals surface area contributed by atoms with E-state index in [0.717, 1.165) is 23.2 Å². The number of aromatic nitrogens is 2. The van der Waals surface area contributed by atoms with E-state index in [-0.39, 0.29) is 12.4 Å². The van der Waals surface area contributed by atoms with Gasteiger partial charge in [-0.1, -0.05) is 29.4 Å². The highest BCUT2D eigenvalue weighted by Crippen LogP contribution is 2.28. The SMILES string of the molecule is COc1ccc(Cc2noc(CCc3ccccc3N)n2)cc1OC.Cl. The van der Waals surface area contributed by atoms with Crippen LogP contribution in [0.2, 0.25) is 0 Å². The van der Waals surface area contributed by atoms with Crippen molar-refractivity contribution in [3.05, 3.63) is 65.3 Å². The van der Waals surface area contributed by atoms with Crippen molar-refractivity contribution in [1.29, 1.82) is 0 Å². The van der Waals surface area contributed by atoms with Crippen LogP contribution in [0.4, 0.5) is 5.69 Å². The Hall–Kier alpha value is -2.73. The van der Waals surface area contributed by atoms with Crippen molar-refractivity contribution in [3.63, 3.8) is 0 Å². The summed E-state index contributed by atoms with van der Waals surface area (Å²) in [4.78, 5) is 4.46. The predicted octanol–water partition coefficient (Wildman–Crippen LogP) is 3.47. The normalized spacial score (nSPS) is 10.2. The summed E-state index contributed by atoms with van der Waals surface area (Å²) in [5.74, 6) is 2.63. The lowest BCUT2D eigenvalue weighted by molar-refractivity contribution is 0.354. The van der Waals surface area contributed by atoms with E-state index in [2.05, 4.69) is 10.1 Å². The number of methoxy groups -OCH3 is 2. The highest BCUT2D eigenvalue weighted by Gasteiger charge is 2.10. The third-order valence-corrected chi connectivity index (χ3v) is 3.98. The largest absolute Gasteiger partial charge is 0.493 e. The molecule has 26 heavy (non-hydrogen) atoms. The monoisotopic (exact) mass is 375 g/mol. The maximum absolute atomic E-state index is 5.95. The molecule has 1 heterocycles. The number of nitrogens with zero attached hydrogens (tertiary/aromatic N) is 2. The lowest BCUT2D eigenvalue weighted by Crippen LogP contribution is -1.98. The smallest absolute Gasteiger partial charge is 0.226 e. The molecule has 2 N–H and O–H groups in total. The maximum Gasteiger partial charge on any atom is 0.226 e. The van der Waals surface area contributed by atoms with Crippen molar-refractivity contribution in [2.45, 2.75) is 19.3 Å². The first-order valence-corrected chi connectivity index (χ1v) is 8.05. The molecule has 0 saturated carbocycles. The van der Waals surface area contributed by atoms with Gasteiger partial charge in [-0.25, -0.2) is 0 Å². The molecule has 0 saturated heterocycles. The Labute approximate surface area is 158 Å². The molecule has 0 aliphatic carbocycles. The average Bonchev–Trinajstić information content (AvgIpc) is 3.08. The number of nitrogen functional groups attached to an aromatic ring is 1. The van der Waals surface area contributed by atoms with E-state index in [0.29, 0.717) is 36.1 Å². The minimum absolute atomic E-state index is 0. The molecular formula is C19H22ClN3O3. The van der Waals surface area contributed by atoms with Gasteiger partial charge in [0.2, 0.25) is 5.89 Å². The van der Waals surface area contributed by atoms with Crippen LogP contribution in [0.15, 0.2) is 47.0 Å². The number of benzene rings is 2. The number of para-hydroxylation sites is 1. The van der Waals surface area contributed by atoms with Gasteiger partial charge >= 0.3 is 0 Å². The molecule has 6 nitrogen and oxygen atoms in total. The number of ether oxygens (including phenoxy) is 2. The fourth-order valence-corrected chi connectivity index (χ4v) is 2.64. The first kappa shape index (κ1) is 19.6. The Morgan fingerprint density at radius 3 is 2.50 bits per heavy atom. The number of aryl methyl sites for hydroxylation is 2. The molecule has 0 atom stereocenters. The highest BCUT2D eigenvalue weighted by atomic mass is 35.5. The van der Waals surface area contributed by atoms with Crippen LogP contribution in [-0.2, 0) is 19.3 Å². The molecule has 0 aliphatic rings. The third kappa shape index (κ3) is 4.67. The van der Waals surface area contributed by atoms with E-state index in [9.17, 15) is 0 Å². The fourth-order valence-electron chi connectivity index (χ4n) is 2.64. The Bertz CT molecular complexity index is 852. The number of nitrogens with two attached hydrogens (primary N) is 1. The molecule has 0 unspecified atom stereocenters. The second-order valence-corrected chi connectivity index (χ2v) is 5.67. The number of hydrogen-bond donors (Lipinski definition) is 1. The van der Waals surface area contributed by atoms with Gasteiger partial charge in [0.1, 0.15) is 0 Å². The predicted molar refractivity (Wildman–Crippen MR) is 102 cm³/mol. The second-order valence-electron chi connectivity index (χ2n) is 5.67. The summed E-state index contributed by atoms with van der Waals surface area (Å²) in [6.07, 6.45) is 2.00. The zero-order valence-electron chi connectivity index (χ0n) is 14.8. The summed E-state index contributed by atoms with van der Waals surface area (Å²) < 4.78 is 15.9. The Kier molecular flexibility index (Phi) is 6.86. The average molecular weight is 376 g/mol. The topological polar surface area (TPSA) is 83.4 Å². The summed E-state index contributed by atoms with van der Waals surface area (Å²) >= 11 is 0. The van der Waals surface area contributed by atoms with Crippen LogP contribution in [0.25, 0.3) is 0 Å². The van der Waals surface area contributed by atoms with Crippen molar-refractivity contribution in [2.24, 2.45) is 0 Å². The van der Waals surface area contributed by atoms with Gasteiger partial charge in [-0.05, 0) is 35.7 Å². The molecule has 2 aromatic carbocycles. The molecule has 0 radical (unpaired) electrons. The van der Waals surface area contributed by atoms with Crippen LogP contribution in [0, 0.1) is 0 Å². The standard InChI is InChI=1S/C19H21N3O3.ClH/c1-23-16-9-7-13(11-17(16)24-2)12-18-21-19(25-22-18)10-8-14-5-3-4-6-15(14)20;/h3-7,9,11H,8,10,12,20H2,1-2H3;1H. The zero-order valence-corrected chi connectivity index (χ0v) is 15.6. The van der Waals surface area contributed by atoms with Crippen LogP contribution >= 0.6 is 12.4 Å². The molecule has 0 aliphatic heterocycles. The summed E-state index contributed by atoms with van der Waals surface area (Å²) in [5, 5.41) is 4.05. The van der Waals surface area contributed by atoms with E-state index in [1.165, 1.54) is 0 Å². The van der Waals surface area contributed by atoms with E-state index >= 15 is 0 Å². The molecule has 0 fully saturated rings. The minimum Gasteiger partial charge on any atom is -0.493 e. The van der Waals surface area contributed by atoms with E-state index in [1.54, 1.807) is 14.2 Å². The number of anilines is 1. The minimum atomic E-state index is 0. The molecule has 138 valence electrons. The molecule has 0 bridgehead atoms. The zero-order chi connectivity index (χ0) is 17.6. The van der Waals surface area contributed by atoms with Gasteiger partial charge in [0, 0.05) is 18.5 Å². The van der Waals surface area contributed by atoms with Crippen molar-refractivity contribution in [2.75, 3.05) is 20.0 Å². The lowest BCUT2D eigenvalue weighted by Gasteiger charge is -2.08. The van der Waals surface area contributed by atoms with Crippen LogP contribution in [-0.4, -0.2) is 24.4 Å². The van der Waals surface area contributed by atoms with E-state index in [4.69, 9.17) is 19.7 Å². The van der Waals surface area contributed by atoms with Gasteiger partial charge in [-0.2, -0.15) is 4.98 Å². The maximum atomic E-state index is 5.95. The van der Waals surface area contributed by atoms with Gasteiger partial charge in [0.25, 0.3) is 0 Å². The third-order valence-electron chi connectivity index (χ3n) is 3.98. The lowest BCUT2D eigenvalue weighted by atomic mass is 10.1. The summed E-state index contributed by atoms with van der Waals surface area (Å²) in [6.45, 7) is 0. The van der Waals surface area contributed by atoms with Crippen molar-refractivity contribution in [3.8, 4) is 11.5 Å². The Balaban J connectivity index is 0.00000243. The molecule has 3 rings (SSSR count). The van der Waals surface area contributed by atoms with Gasteiger partial charge in [-0.3, -0.25) is 0 Å². The molecule has 0 amide bonds. The van der Waals surface area contributed by atoms with Crippen molar-refractivity contribution >= 4 is 18.1 Å². The Morgan fingerprint density at radius 2 is 1.77 bits per heavy atom. The Morgan fingerprint density at radius 1 is 1.00 bits per heavy atom. The van der Waals surface area contributed by atoms with Gasteiger partial charge in [0.05, 0.1) is 14.2 Å². The summed E-state index contributed by atoms with van der Waals surface area (Å²) in [6, 6.07) is 13.5. The summed E-state index contributed by atoms with van der Waals surface area (Å²) in [7, 11) is 3.23. The molecular weight excluding hydrogens is 354 g/mol. The first-order valence-electron chi connectivity index (χ1n) is 8.05. The second kappa shape index (κ2) is 9.10. The van der Waals surface area contributed by atoms with Crippen LogP contribution in [0.1, 0.15) is 22.8 Å². The number of halogens is 1. The van der Waals surface area contributed by atoms with Gasteiger partial charge in [-0.15, -0.1) is 12.4 Å². The quantitative estimate of drug-likeness (QED) is 0.636. The number of rotatable bonds is 7. The van der Waals surface area contributed by atoms with Crippen molar-refractivity contribution < 1.29 is 14.0 Å². The fraction of sp³-hybridized carbons (Fsp3) is 0.263. The van der Waals surface area contributed by atoms with Crippen LogP contribution in [0.5, 0.6) is 11.5 Å². The molecule has 0 spiro atoms. The molecule has 3 aromatic rings. The van der Waals surface area contributed by atoms with Crippen molar-refractivity contribution in [1.82, 2.24) is 10.1 Å². The highest BCUT2D eigenvalue weighted by molar-refractivity contribution is 5.85. The van der Waals surface area contributed by atoms with Crippen LogP contribution in [0.3, 0.4) is 0 Å². The van der Waals surface area contributed by atoms with Gasteiger partial charge in [0.15, 0.2) is 17.3 Å².